The number of carbonyl (C=O) groups excluding carboxylic acids is 2. The molecule has 9 heteroatoms. The summed E-state index contributed by atoms with van der Waals surface area (Å²) in [5.74, 6) is 2.02. The van der Waals surface area contributed by atoms with Crippen LogP contribution in [-0.4, -0.2) is 54.5 Å². The number of carbonyl (C=O) groups is 2. The largest absolute Gasteiger partial charge is 0.329 e. The van der Waals surface area contributed by atoms with E-state index in [0.717, 1.165) is 26.1 Å². The van der Waals surface area contributed by atoms with Crippen LogP contribution in [0.1, 0.15) is 5.56 Å². The molecule has 0 bridgehead atoms. The molecule has 0 radical (unpaired) electrons. The predicted molar refractivity (Wildman–Crippen MR) is 126 cm³/mol. The van der Waals surface area contributed by atoms with Crippen LogP contribution < -0.4 is 16.0 Å². The van der Waals surface area contributed by atoms with Crippen LogP contribution in [-0.2, 0) is 11.2 Å². The molecule has 3 amide bonds. The minimum Gasteiger partial charge on any atom is -0.329 e. The van der Waals surface area contributed by atoms with Crippen molar-refractivity contribution in [2.75, 3.05) is 48.3 Å². The lowest BCUT2D eigenvalue weighted by molar-refractivity contribution is -0.115. The van der Waals surface area contributed by atoms with Gasteiger partial charge in [-0.15, -0.1) is 0 Å². The SMILES string of the molecule is O=C(CNC(=O)Nc1ccc(CCN2CCSCC2)cc1)Nc1cc(Cl)ccc1Cl. The number of thioether (sulfide) groups is 1. The Labute approximate surface area is 190 Å². The first-order valence-corrected chi connectivity index (χ1v) is 11.6. The first kappa shape index (κ1) is 22.7. The Morgan fingerprint density at radius 3 is 2.47 bits per heavy atom. The van der Waals surface area contributed by atoms with E-state index >= 15 is 0 Å². The second-order valence-corrected chi connectivity index (χ2v) is 8.95. The zero-order chi connectivity index (χ0) is 21.3. The molecule has 1 aliphatic rings. The summed E-state index contributed by atoms with van der Waals surface area (Å²) >= 11 is 13.9. The molecular formula is C21H24Cl2N4O2S. The summed E-state index contributed by atoms with van der Waals surface area (Å²) < 4.78 is 0. The highest BCUT2D eigenvalue weighted by molar-refractivity contribution is 7.99. The summed E-state index contributed by atoms with van der Waals surface area (Å²) in [5, 5.41) is 8.69. The zero-order valence-corrected chi connectivity index (χ0v) is 18.7. The van der Waals surface area contributed by atoms with Gasteiger partial charge in [0.05, 0.1) is 17.3 Å². The molecule has 0 atom stereocenters. The summed E-state index contributed by atoms with van der Waals surface area (Å²) in [6.07, 6.45) is 0.989. The van der Waals surface area contributed by atoms with Gasteiger partial charge in [-0.1, -0.05) is 35.3 Å². The zero-order valence-electron chi connectivity index (χ0n) is 16.4. The van der Waals surface area contributed by atoms with Gasteiger partial charge in [0.15, 0.2) is 0 Å². The van der Waals surface area contributed by atoms with Crippen molar-refractivity contribution in [1.29, 1.82) is 0 Å². The maximum absolute atomic E-state index is 12.0. The van der Waals surface area contributed by atoms with Gasteiger partial charge in [-0.05, 0) is 42.3 Å². The lowest BCUT2D eigenvalue weighted by Crippen LogP contribution is -2.35. The van der Waals surface area contributed by atoms with Gasteiger partial charge >= 0.3 is 6.03 Å². The van der Waals surface area contributed by atoms with E-state index in [0.29, 0.717) is 21.4 Å². The summed E-state index contributed by atoms with van der Waals surface area (Å²) in [6, 6.07) is 12.1. The number of rotatable bonds is 7. The summed E-state index contributed by atoms with van der Waals surface area (Å²) in [4.78, 5) is 26.6. The normalized spacial score (nSPS) is 14.2. The number of halogens is 2. The molecule has 0 aliphatic carbocycles. The van der Waals surface area contributed by atoms with E-state index in [1.807, 2.05) is 36.0 Å². The average molecular weight is 467 g/mol. The maximum atomic E-state index is 12.0. The molecular weight excluding hydrogens is 443 g/mol. The van der Waals surface area contributed by atoms with E-state index in [2.05, 4.69) is 20.9 Å². The van der Waals surface area contributed by atoms with Gasteiger partial charge in [0.2, 0.25) is 5.91 Å². The van der Waals surface area contributed by atoms with Crippen molar-refractivity contribution in [3.8, 4) is 0 Å². The molecule has 1 fully saturated rings. The minimum atomic E-state index is -0.457. The second kappa shape index (κ2) is 11.5. The minimum absolute atomic E-state index is 0.194. The number of benzene rings is 2. The van der Waals surface area contributed by atoms with Gasteiger partial charge in [-0.3, -0.25) is 4.79 Å². The molecule has 160 valence electrons. The van der Waals surface area contributed by atoms with Crippen molar-refractivity contribution in [2.24, 2.45) is 0 Å². The molecule has 1 heterocycles. The first-order valence-electron chi connectivity index (χ1n) is 9.68. The third-order valence-corrected chi connectivity index (χ3v) is 6.15. The van der Waals surface area contributed by atoms with Crippen molar-refractivity contribution in [2.45, 2.75) is 6.42 Å². The number of anilines is 2. The van der Waals surface area contributed by atoms with Gasteiger partial charge in [0.1, 0.15) is 0 Å². The Morgan fingerprint density at radius 2 is 1.73 bits per heavy atom. The fourth-order valence-electron chi connectivity index (χ4n) is 2.99. The number of nitrogens with zero attached hydrogens (tertiary/aromatic N) is 1. The van der Waals surface area contributed by atoms with Crippen molar-refractivity contribution < 1.29 is 9.59 Å². The van der Waals surface area contributed by atoms with Crippen LogP contribution in [0.25, 0.3) is 0 Å². The highest BCUT2D eigenvalue weighted by Crippen LogP contribution is 2.25. The van der Waals surface area contributed by atoms with Crippen molar-refractivity contribution in [1.82, 2.24) is 10.2 Å². The first-order chi connectivity index (χ1) is 14.5. The third-order valence-electron chi connectivity index (χ3n) is 4.64. The molecule has 0 spiro atoms. The average Bonchev–Trinajstić information content (AvgIpc) is 2.75. The van der Waals surface area contributed by atoms with Gasteiger partial charge in [0.25, 0.3) is 0 Å². The Bertz CT molecular complexity index is 874. The van der Waals surface area contributed by atoms with Gasteiger partial charge in [-0.2, -0.15) is 11.8 Å². The highest BCUT2D eigenvalue weighted by Gasteiger charge is 2.11. The van der Waals surface area contributed by atoms with Crippen LogP contribution in [0.15, 0.2) is 42.5 Å². The number of hydrogen-bond acceptors (Lipinski definition) is 4. The number of urea groups is 1. The molecule has 1 aliphatic heterocycles. The molecule has 30 heavy (non-hydrogen) atoms. The van der Waals surface area contributed by atoms with Crippen LogP contribution in [0.2, 0.25) is 10.0 Å². The summed E-state index contributed by atoms with van der Waals surface area (Å²) in [7, 11) is 0. The topological polar surface area (TPSA) is 73.5 Å². The number of amides is 3. The summed E-state index contributed by atoms with van der Waals surface area (Å²) in [5.41, 5.74) is 2.30. The molecule has 0 aromatic heterocycles. The Morgan fingerprint density at radius 1 is 1.00 bits per heavy atom. The lowest BCUT2D eigenvalue weighted by atomic mass is 10.1. The Hall–Kier alpha value is -1.93. The Kier molecular flexibility index (Phi) is 8.69. The lowest BCUT2D eigenvalue weighted by Gasteiger charge is -2.26. The van der Waals surface area contributed by atoms with Gasteiger partial charge in [0, 0.05) is 41.8 Å². The summed E-state index contributed by atoms with van der Waals surface area (Å²) in [6.45, 7) is 3.17. The molecule has 2 aromatic carbocycles. The van der Waals surface area contributed by atoms with E-state index in [1.54, 1.807) is 18.2 Å². The standard InChI is InChI=1S/C21H24Cl2N4O2S/c22-16-3-6-18(23)19(13-16)26-20(28)14-24-21(29)25-17-4-1-15(2-5-17)7-8-27-9-11-30-12-10-27/h1-6,13H,7-12,14H2,(H,26,28)(H2,24,25,29). The van der Waals surface area contributed by atoms with E-state index in [4.69, 9.17) is 23.2 Å². The van der Waals surface area contributed by atoms with E-state index in [-0.39, 0.29) is 6.54 Å². The fourth-order valence-corrected chi connectivity index (χ4v) is 4.31. The number of hydrogen-bond donors (Lipinski definition) is 3. The molecule has 0 unspecified atom stereocenters. The second-order valence-electron chi connectivity index (χ2n) is 6.88. The van der Waals surface area contributed by atoms with Crippen molar-refractivity contribution >= 4 is 58.3 Å². The Balaban J connectivity index is 1.39. The predicted octanol–water partition coefficient (Wildman–Crippen LogP) is 4.34. The molecule has 2 aromatic rings. The van der Waals surface area contributed by atoms with Crippen LogP contribution in [0, 0.1) is 0 Å². The van der Waals surface area contributed by atoms with Crippen LogP contribution >= 0.6 is 35.0 Å². The third kappa shape index (κ3) is 7.40. The molecule has 0 saturated carbocycles. The smallest absolute Gasteiger partial charge is 0.319 e. The molecule has 3 N–H and O–H groups in total. The van der Waals surface area contributed by atoms with Gasteiger partial charge in [-0.25, -0.2) is 4.79 Å². The highest BCUT2D eigenvalue weighted by atomic mass is 35.5. The van der Waals surface area contributed by atoms with Crippen molar-refractivity contribution in [3.05, 3.63) is 58.1 Å². The van der Waals surface area contributed by atoms with E-state index < -0.39 is 11.9 Å². The molecule has 1 saturated heterocycles. The van der Waals surface area contributed by atoms with Crippen molar-refractivity contribution in [3.63, 3.8) is 0 Å². The molecule has 6 nitrogen and oxygen atoms in total. The fraction of sp³-hybridized carbons (Fsp3) is 0.333. The van der Waals surface area contributed by atoms with Crippen LogP contribution in [0.3, 0.4) is 0 Å². The number of nitrogens with one attached hydrogen (secondary N) is 3. The van der Waals surface area contributed by atoms with Crippen LogP contribution in [0.4, 0.5) is 16.2 Å². The van der Waals surface area contributed by atoms with Gasteiger partial charge < -0.3 is 20.9 Å². The maximum Gasteiger partial charge on any atom is 0.319 e. The molecule has 3 rings (SSSR count). The van der Waals surface area contributed by atoms with E-state index in [1.165, 1.54) is 17.1 Å². The monoisotopic (exact) mass is 466 g/mol. The van der Waals surface area contributed by atoms with E-state index in [9.17, 15) is 9.59 Å². The quantitative estimate of drug-likeness (QED) is 0.567. The van der Waals surface area contributed by atoms with Crippen LogP contribution in [0.5, 0.6) is 0 Å².